The van der Waals surface area contributed by atoms with Crippen molar-refractivity contribution in [3.8, 4) is 17.2 Å². The van der Waals surface area contributed by atoms with E-state index in [-0.39, 0.29) is 10.7 Å². The number of benzene rings is 3. The molecule has 0 spiro atoms. The van der Waals surface area contributed by atoms with Crippen molar-refractivity contribution in [1.82, 2.24) is 9.62 Å². The zero-order valence-electron chi connectivity index (χ0n) is 16.4. The van der Waals surface area contributed by atoms with E-state index in [0.717, 1.165) is 31.0 Å². The van der Waals surface area contributed by atoms with Crippen molar-refractivity contribution in [1.29, 1.82) is 5.26 Å². The van der Waals surface area contributed by atoms with Gasteiger partial charge in [-0.05, 0) is 41.3 Å². The molecule has 0 saturated carbocycles. The average molecular weight is 400 g/mol. The third-order valence-corrected chi connectivity index (χ3v) is 6.74. The summed E-state index contributed by atoms with van der Waals surface area (Å²) in [6, 6.07) is 29.8. The van der Waals surface area contributed by atoms with E-state index in [1.165, 1.54) is 16.7 Å². The predicted molar refractivity (Wildman–Crippen MR) is 123 cm³/mol. The lowest BCUT2D eigenvalue weighted by Gasteiger charge is -2.18. The van der Waals surface area contributed by atoms with Crippen LogP contribution in [0.25, 0.3) is 11.1 Å². The van der Waals surface area contributed by atoms with Crippen LogP contribution in [0.3, 0.4) is 0 Å². The van der Waals surface area contributed by atoms with Crippen LogP contribution in [0.4, 0.5) is 0 Å². The van der Waals surface area contributed by atoms with Crippen molar-refractivity contribution in [3.63, 3.8) is 0 Å². The van der Waals surface area contributed by atoms with E-state index in [2.05, 4.69) is 70.1 Å². The molecule has 29 heavy (non-hydrogen) atoms. The van der Waals surface area contributed by atoms with E-state index in [9.17, 15) is 0 Å². The largest absolute Gasteiger partial charge is 0.297 e. The van der Waals surface area contributed by atoms with Crippen LogP contribution in [-0.4, -0.2) is 29.9 Å². The van der Waals surface area contributed by atoms with Crippen molar-refractivity contribution in [2.45, 2.75) is 23.9 Å². The smallest absolute Gasteiger partial charge is 0.0992 e. The molecule has 3 aromatic rings. The summed E-state index contributed by atoms with van der Waals surface area (Å²) < 4.78 is 3.66. The van der Waals surface area contributed by atoms with E-state index >= 15 is 0 Å². The Morgan fingerprint density at radius 3 is 2.52 bits per heavy atom. The Labute approximate surface area is 175 Å². The summed E-state index contributed by atoms with van der Waals surface area (Å²) in [7, 11) is -0.299. The minimum absolute atomic E-state index is 0.299. The normalized spacial score (nSPS) is 17.7. The monoisotopic (exact) mass is 399 g/mol. The molecule has 1 heterocycles. The van der Waals surface area contributed by atoms with Gasteiger partial charge in [0.15, 0.2) is 0 Å². The van der Waals surface area contributed by atoms with Gasteiger partial charge in [-0.2, -0.15) is 5.26 Å². The lowest BCUT2D eigenvalue weighted by molar-refractivity contribution is 0.325. The molecule has 0 amide bonds. The second-order valence-corrected chi connectivity index (χ2v) is 8.92. The van der Waals surface area contributed by atoms with Crippen LogP contribution in [0, 0.1) is 11.3 Å². The van der Waals surface area contributed by atoms with Crippen LogP contribution >= 0.6 is 10.7 Å². The molecule has 2 unspecified atom stereocenters. The lowest BCUT2D eigenvalue weighted by atomic mass is 10.0. The third kappa shape index (κ3) is 5.02. The van der Waals surface area contributed by atoms with Crippen LogP contribution in [0.2, 0.25) is 0 Å². The number of hydrogen-bond donors (Lipinski definition) is 1. The van der Waals surface area contributed by atoms with Gasteiger partial charge in [0.1, 0.15) is 0 Å². The molecular formula is C25H25N3S. The Hall–Kier alpha value is -2.71. The van der Waals surface area contributed by atoms with Crippen molar-refractivity contribution in [2.75, 3.05) is 13.1 Å². The molecular weight excluding hydrogens is 374 g/mol. The zero-order valence-corrected chi connectivity index (χ0v) is 17.2. The van der Waals surface area contributed by atoms with Gasteiger partial charge in [0.05, 0.1) is 11.6 Å². The zero-order chi connectivity index (χ0) is 20.1. The van der Waals surface area contributed by atoms with Crippen molar-refractivity contribution >= 4 is 16.5 Å². The molecule has 0 aliphatic carbocycles. The maximum absolute atomic E-state index is 9.09. The first-order valence-electron chi connectivity index (χ1n) is 9.88. The van der Waals surface area contributed by atoms with Crippen LogP contribution < -0.4 is 4.72 Å². The first-order chi connectivity index (χ1) is 14.2. The fourth-order valence-corrected chi connectivity index (χ4v) is 4.99. The summed E-state index contributed by atoms with van der Waals surface area (Å²) >= 11 is 0. The van der Waals surface area contributed by atoms with E-state index in [1.54, 1.807) is 0 Å². The molecule has 1 aliphatic rings. The first kappa shape index (κ1) is 19.6. The number of likely N-dealkylation sites (tertiary alicyclic amines) is 1. The Morgan fingerprint density at radius 2 is 1.76 bits per heavy atom. The van der Waals surface area contributed by atoms with E-state index < -0.39 is 0 Å². The van der Waals surface area contributed by atoms with Crippen LogP contribution in [0.15, 0.2) is 83.8 Å². The van der Waals surface area contributed by atoms with Crippen molar-refractivity contribution in [3.05, 3.63) is 90.0 Å². The van der Waals surface area contributed by atoms with Crippen LogP contribution in [0.1, 0.15) is 17.5 Å². The molecule has 1 saturated heterocycles. The quantitative estimate of drug-likeness (QED) is 0.589. The van der Waals surface area contributed by atoms with Crippen LogP contribution in [0.5, 0.6) is 0 Å². The topological polar surface area (TPSA) is 39.1 Å². The van der Waals surface area contributed by atoms with Gasteiger partial charge >= 0.3 is 0 Å². The highest BCUT2D eigenvalue weighted by Gasteiger charge is 2.22. The molecule has 146 valence electrons. The molecule has 4 heteroatoms. The SMILES string of the molecule is C=S(NC1CCN(Cc2ccc(-c3ccccc3)cc2)C1)c1cccc(C#N)c1. The fourth-order valence-electron chi connectivity index (χ4n) is 3.75. The van der Waals surface area contributed by atoms with E-state index in [4.69, 9.17) is 5.26 Å². The first-order valence-corrected chi connectivity index (χ1v) is 11.3. The number of nitrogens with one attached hydrogen (secondary N) is 1. The van der Waals surface area contributed by atoms with Gasteiger partial charge < -0.3 is 0 Å². The van der Waals surface area contributed by atoms with E-state index in [0.29, 0.717) is 11.6 Å². The predicted octanol–water partition coefficient (Wildman–Crippen LogP) is 5.06. The maximum atomic E-state index is 9.09. The van der Waals surface area contributed by atoms with Crippen molar-refractivity contribution < 1.29 is 0 Å². The molecule has 0 aromatic heterocycles. The molecule has 3 aromatic carbocycles. The molecule has 0 radical (unpaired) electrons. The molecule has 3 nitrogen and oxygen atoms in total. The van der Waals surface area contributed by atoms with Gasteiger partial charge in [-0.3, -0.25) is 9.62 Å². The molecule has 2 atom stereocenters. The standard InChI is InChI=1S/C25H25N3S/c1-29(25-9-5-6-21(16-25)17-26)27-24-14-15-28(19-24)18-20-10-12-23(13-11-20)22-7-3-2-4-8-22/h2-13,16,24,27H,1,14-15,18-19H2. The number of rotatable bonds is 6. The number of hydrogen-bond acceptors (Lipinski definition) is 3. The Bertz CT molecular complexity index is 1020. The molecule has 4 rings (SSSR count). The highest BCUT2D eigenvalue weighted by Crippen LogP contribution is 2.25. The second-order valence-electron chi connectivity index (χ2n) is 7.43. The number of nitrogens with zero attached hydrogens (tertiary/aromatic N) is 2. The highest BCUT2D eigenvalue weighted by molar-refractivity contribution is 8.12. The summed E-state index contributed by atoms with van der Waals surface area (Å²) in [5.41, 5.74) is 4.56. The van der Waals surface area contributed by atoms with Gasteiger partial charge in [0, 0.05) is 30.6 Å². The van der Waals surface area contributed by atoms with Gasteiger partial charge in [-0.1, -0.05) is 77.2 Å². The minimum atomic E-state index is -0.299. The Morgan fingerprint density at radius 1 is 1.00 bits per heavy atom. The lowest BCUT2D eigenvalue weighted by Crippen LogP contribution is -2.29. The summed E-state index contributed by atoms with van der Waals surface area (Å²) in [5.74, 6) is 4.28. The van der Waals surface area contributed by atoms with Gasteiger partial charge in [-0.25, -0.2) is 0 Å². The highest BCUT2D eigenvalue weighted by atomic mass is 32.2. The second kappa shape index (κ2) is 9.19. The fraction of sp³-hybridized carbons (Fsp3) is 0.200. The van der Waals surface area contributed by atoms with E-state index in [1.807, 2.05) is 30.3 Å². The summed E-state index contributed by atoms with van der Waals surface area (Å²) in [5, 5.41) is 9.09. The van der Waals surface area contributed by atoms with Crippen LogP contribution in [-0.2, 0) is 6.54 Å². The minimum Gasteiger partial charge on any atom is -0.297 e. The maximum Gasteiger partial charge on any atom is 0.0992 e. The summed E-state index contributed by atoms with van der Waals surface area (Å²) in [6.45, 7) is 3.09. The summed E-state index contributed by atoms with van der Waals surface area (Å²) in [4.78, 5) is 3.59. The Balaban J connectivity index is 1.32. The molecule has 1 fully saturated rings. The Kier molecular flexibility index (Phi) is 6.21. The van der Waals surface area contributed by atoms with Gasteiger partial charge in [-0.15, -0.1) is 0 Å². The van der Waals surface area contributed by atoms with Crippen molar-refractivity contribution in [2.24, 2.45) is 0 Å². The average Bonchev–Trinajstić information content (AvgIpc) is 3.21. The molecule has 0 bridgehead atoms. The molecule has 1 N–H and O–H groups in total. The summed E-state index contributed by atoms with van der Waals surface area (Å²) in [6.07, 6.45) is 1.12. The van der Waals surface area contributed by atoms with Gasteiger partial charge in [0.2, 0.25) is 0 Å². The van der Waals surface area contributed by atoms with Gasteiger partial charge in [0.25, 0.3) is 0 Å². The third-order valence-electron chi connectivity index (χ3n) is 5.30. The molecule has 1 aliphatic heterocycles. The number of nitriles is 1.